The number of ether oxygens (including phenoxy) is 1. The van der Waals surface area contributed by atoms with E-state index in [0.29, 0.717) is 0 Å². The molecule has 1 unspecified atom stereocenters. The maximum atomic E-state index is 13.4. The van der Waals surface area contributed by atoms with E-state index in [1.54, 1.807) is 12.1 Å². The van der Waals surface area contributed by atoms with Gasteiger partial charge < -0.3 is 4.74 Å². The SMILES string of the molecule is Fc1ccc(C2Oc3ccccc3-c3[nH]nc(-c4ccccc4)c32)cc1. The summed E-state index contributed by atoms with van der Waals surface area (Å²) in [5.74, 6) is 0.526. The van der Waals surface area contributed by atoms with Crippen LogP contribution in [0, 0.1) is 5.82 Å². The molecule has 0 amide bonds. The van der Waals surface area contributed by atoms with Gasteiger partial charge in [0.05, 0.1) is 17.0 Å². The highest BCUT2D eigenvalue weighted by Gasteiger charge is 2.32. The Kier molecular flexibility index (Phi) is 3.35. The van der Waals surface area contributed by atoms with E-state index in [2.05, 4.69) is 10.2 Å². The quantitative estimate of drug-likeness (QED) is 0.532. The fraction of sp³-hybridized carbons (Fsp3) is 0.0455. The zero-order valence-electron chi connectivity index (χ0n) is 13.8. The van der Waals surface area contributed by atoms with E-state index in [1.165, 1.54) is 12.1 Å². The molecule has 1 aliphatic rings. The van der Waals surface area contributed by atoms with Gasteiger partial charge >= 0.3 is 0 Å². The zero-order chi connectivity index (χ0) is 17.5. The van der Waals surface area contributed by atoms with Gasteiger partial charge in [-0.05, 0) is 29.8 Å². The molecule has 2 heterocycles. The molecule has 1 aromatic heterocycles. The molecule has 0 fully saturated rings. The lowest BCUT2D eigenvalue weighted by Gasteiger charge is -2.27. The van der Waals surface area contributed by atoms with Crippen LogP contribution in [-0.2, 0) is 0 Å². The van der Waals surface area contributed by atoms with Crippen molar-refractivity contribution in [3.8, 4) is 28.3 Å². The Bertz CT molecular complexity index is 1060. The topological polar surface area (TPSA) is 37.9 Å². The van der Waals surface area contributed by atoms with Gasteiger partial charge in [0.15, 0.2) is 6.10 Å². The average Bonchev–Trinajstić information content (AvgIpc) is 3.14. The molecule has 5 rings (SSSR count). The molecule has 0 radical (unpaired) electrons. The number of benzene rings is 3. The van der Waals surface area contributed by atoms with Gasteiger partial charge in [0, 0.05) is 11.1 Å². The summed E-state index contributed by atoms with van der Waals surface area (Å²) < 4.78 is 19.7. The molecule has 0 spiro atoms. The molecular formula is C22H15FN2O. The Morgan fingerprint density at radius 2 is 1.58 bits per heavy atom. The number of H-pyrrole nitrogens is 1. The first-order valence-electron chi connectivity index (χ1n) is 8.46. The highest BCUT2D eigenvalue weighted by atomic mass is 19.1. The predicted octanol–water partition coefficient (Wildman–Crippen LogP) is 5.36. The third-order valence-electron chi connectivity index (χ3n) is 4.69. The van der Waals surface area contributed by atoms with Crippen molar-refractivity contribution in [1.29, 1.82) is 0 Å². The first-order valence-corrected chi connectivity index (χ1v) is 8.46. The smallest absolute Gasteiger partial charge is 0.153 e. The van der Waals surface area contributed by atoms with Crippen LogP contribution in [0.3, 0.4) is 0 Å². The van der Waals surface area contributed by atoms with Gasteiger partial charge in [0.25, 0.3) is 0 Å². The van der Waals surface area contributed by atoms with Gasteiger partial charge in [-0.2, -0.15) is 5.10 Å². The van der Waals surface area contributed by atoms with E-state index >= 15 is 0 Å². The molecule has 3 nitrogen and oxygen atoms in total. The molecule has 1 atom stereocenters. The van der Waals surface area contributed by atoms with Crippen LogP contribution in [0.15, 0.2) is 78.9 Å². The molecule has 1 N–H and O–H groups in total. The number of nitrogens with zero attached hydrogens (tertiary/aromatic N) is 1. The van der Waals surface area contributed by atoms with E-state index in [4.69, 9.17) is 4.74 Å². The summed E-state index contributed by atoms with van der Waals surface area (Å²) in [6.45, 7) is 0. The summed E-state index contributed by atoms with van der Waals surface area (Å²) >= 11 is 0. The number of rotatable bonds is 2. The van der Waals surface area contributed by atoms with Gasteiger partial charge in [-0.1, -0.05) is 54.6 Å². The van der Waals surface area contributed by atoms with Crippen molar-refractivity contribution >= 4 is 0 Å². The van der Waals surface area contributed by atoms with Gasteiger partial charge in [0.2, 0.25) is 0 Å². The number of hydrogen-bond acceptors (Lipinski definition) is 2. The van der Waals surface area contributed by atoms with Crippen molar-refractivity contribution < 1.29 is 9.13 Å². The lowest BCUT2D eigenvalue weighted by molar-refractivity contribution is 0.244. The maximum absolute atomic E-state index is 13.4. The van der Waals surface area contributed by atoms with E-state index in [1.807, 2.05) is 54.6 Å². The van der Waals surface area contributed by atoms with Crippen LogP contribution in [0.4, 0.5) is 4.39 Å². The minimum atomic E-state index is -0.352. The first-order chi connectivity index (χ1) is 12.8. The van der Waals surface area contributed by atoms with Gasteiger partial charge in [0.1, 0.15) is 11.6 Å². The van der Waals surface area contributed by atoms with Crippen molar-refractivity contribution in [3.05, 3.63) is 95.8 Å². The molecule has 26 heavy (non-hydrogen) atoms. The third kappa shape index (κ3) is 2.30. The number of para-hydroxylation sites is 1. The second-order valence-electron chi connectivity index (χ2n) is 6.27. The normalized spacial score (nSPS) is 15.0. The summed E-state index contributed by atoms with van der Waals surface area (Å²) in [6.07, 6.45) is -0.352. The maximum Gasteiger partial charge on any atom is 0.153 e. The molecule has 0 bridgehead atoms. The summed E-state index contributed by atoms with van der Waals surface area (Å²) in [7, 11) is 0. The van der Waals surface area contributed by atoms with E-state index in [9.17, 15) is 4.39 Å². The van der Waals surface area contributed by atoms with E-state index in [-0.39, 0.29) is 11.9 Å². The summed E-state index contributed by atoms with van der Waals surface area (Å²) in [4.78, 5) is 0. The Balaban J connectivity index is 1.75. The number of nitrogens with one attached hydrogen (secondary N) is 1. The number of fused-ring (bicyclic) bond motifs is 3. The second kappa shape index (κ2) is 5.85. The fourth-order valence-corrected chi connectivity index (χ4v) is 3.46. The van der Waals surface area contributed by atoms with Crippen molar-refractivity contribution in [2.45, 2.75) is 6.10 Å². The Morgan fingerprint density at radius 3 is 2.38 bits per heavy atom. The number of aromatic amines is 1. The highest BCUT2D eigenvalue weighted by molar-refractivity contribution is 5.80. The van der Waals surface area contributed by atoms with Crippen molar-refractivity contribution in [2.75, 3.05) is 0 Å². The highest BCUT2D eigenvalue weighted by Crippen LogP contribution is 2.47. The van der Waals surface area contributed by atoms with Gasteiger partial charge in [-0.3, -0.25) is 5.10 Å². The van der Waals surface area contributed by atoms with Crippen molar-refractivity contribution in [1.82, 2.24) is 10.2 Å². The number of hydrogen-bond donors (Lipinski definition) is 1. The summed E-state index contributed by atoms with van der Waals surface area (Å²) in [5.41, 5.74) is 5.65. The summed E-state index contributed by atoms with van der Waals surface area (Å²) in [6, 6.07) is 24.3. The summed E-state index contributed by atoms with van der Waals surface area (Å²) in [5, 5.41) is 7.77. The molecule has 4 heteroatoms. The largest absolute Gasteiger partial charge is 0.480 e. The molecule has 0 aliphatic carbocycles. The van der Waals surface area contributed by atoms with Crippen LogP contribution in [0.2, 0.25) is 0 Å². The monoisotopic (exact) mass is 342 g/mol. The van der Waals surface area contributed by atoms with Crippen LogP contribution in [0.25, 0.3) is 22.5 Å². The van der Waals surface area contributed by atoms with E-state index < -0.39 is 0 Å². The number of halogens is 1. The molecule has 0 saturated carbocycles. The van der Waals surface area contributed by atoms with Crippen LogP contribution in [-0.4, -0.2) is 10.2 Å². The number of aromatic nitrogens is 2. The Morgan fingerprint density at radius 1 is 0.846 bits per heavy atom. The van der Waals surface area contributed by atoms with Crippen LogP contribution in [0.1, 0.15) is 17.2 Å². The van der Waals surface area contributed by atoms with E-state index in [0.717, 1.165) is 39.4 Å². The zero-order valence-corrected chi connectivity index (χ0v) is 13.8. The lowest BCUT2D eigenvalue weighted by Crippen LogP contribution is -2.15. The molecule has 1 aliphatic heterocycles. The Labute approximate surface area is 150 Å². The molecule has 4 aromatic rings. The van der Waals surface area contributed by atoms with Crippen molar-refractivity contribution in [2.24, 2.45) is 0 Å². The molecular weight excluding hydrogens is 327 g/mol. The average molecular weight is 342 g/mol. The van der Waals surface area contributed by atoms with Crippen LogP contribution < -0.4 is 4.74 Å². The fourth-order valence-electron chi connectivity index (χ4n) is 3.46. The van der Waals surface area contributed by atoms with Gasteiger partial charge in [-0.15, -0.1) is 0 Å². The molecule has 0 saturated heterocycles. The van der Waals surface area contributed by atoms with Gasteiger partial charge in [-0.25, -0.2) is 4.39 Å². The third-order valence-corrected chi connectivity index (χ3v) is 4.69. The Hall–Kier alpha value is -3.40. The predicted molar refractivity (Wildman–Crippen MR) is 98.3 cm³/mol. The van der Waals surface area contributed by atoms with Crippen LogP contribution >= 0.6 is 0 Å². The lowest BCUT2D eigenvalue weighted by atomic mass is 9.91. The molecule has 126 valence electrons. The first kappa shape index (κ1) is 14.9. The molecule has 3 aromatic carbocycles. The minimum Gasteiger partial charge on any atom is -0.480 e. The minimum absolute atomic E-state index is 0.263. The standard InChI is InChI=1S/C22H15FN2O/c23-16-12-10-15(11-13-16)22-19-20(14-6-2-1-3-7-14)24-25-21(19)17-8-4-5-9-18(17)26-22/h1-13,22H,(H,24,25). The van der Waals surface area contributed by atoms with Crippen LogP contribution in [0.5, 0.6) is 5.75 Å². The van der Waals surface area contributed by atoms with Crippen molar-refractivity contribution in [3.63, 3.8) is 0 Å². The second-order valence-corrected chi connectivity index (χ2v) is 6.27.